The summed E-state index contributed by atoms with van der Waals surface area (Å²) in [7, 11) is 0. The lowest BCUT2D eigenvalue weighted by Crippen LogP contribution is -2.39. The minimum atomic E-state index is -0.600. The minimum Gasteiger partial charge on any atom is -0.492 e. The Labute approximate surface area is 219 Å². The maximum atomic E-state index is 13.6. The minimum absolute atomic E-state index is 0.210. The van der Waals surface area contributed by atoms with Crippen molar-refractivity contribution >= 4 is 34.3 Å². The molecular weight excluding hydrogens is 490 g/mol. The SMILES string of the molecule is NC(=O)c1ccc(-c2cc3c(c(C(=O)N[C@@H](CO)Cc4c[nH]c5ccccc45)c2)OCCCC3)cc1Cl. The van der Waals surface area contributed by atoms with Crippen molar-refractivity contribution in [2.45, 2.75) is 31.7 Å². The number of hydrogen-bond donors (Lipinski definition) is 4. The summed E-state index contributed by atoms with van der Waals surface area (Å²) in [6.45, 7) is 0.322. The van der Waals surface area contributed by atoms with Crippen LogP contribution >= 0.6 is 11.6 Å². The Bertz CT molecular complexity index is 1480. The average Bonchev–Trinajstić information content (AvgIpc) is 3.14. The van der Waals surface area contributed by atoms with Gasteiger partial charge in [-0.2, -0.15) is 0 Å². The lowest BCUT2D eigenvalue weighted by atomic mass is 9.95. The normalized spacial score (nSPS) is 13.9. The van der Waals surface area contributed by atoms with Gasteiger partial charge in [0.15, 0.2) is 0 Å². The second-order valence-electron chi connectivity index (χ2n) is 9.29. The molecule has 0 radical (unpaired) electrons. The van der Waals surface area contributed by atoms with Crippen LogP contribution in [0.25, 0.3) is 22.0 Å². The van der Waals surface area contributed by atoms with Gasteiger partial charge in [-0.3, -0.25) is 9.59 Å². The van der Waals surface area contributed by atoms with Crippen molar-refractivity contribution in [1.82, 2.24) is 10.3 Å². The van der Waals surface area contributed by atoms with Crippen LogP contribution in [-0.4, -0.2) is 41.2 Å². The Hall–Kier alpha value is -3.81. The van der Waals surface area contributed by atoms with Gasteiger partial charge in [-0.15, -0.1) is 0 Å². The second kappa shape index (κ2) is 10.7. The first-order valence-electron chi connectivity index (χ1n) is 12.3. The third kappa shape index (κ3) is 5.19. The fraction of sp³-hybridized carbons (Fsp3) is 0.241. The highest BCUT2D eigenvalue weighted by Crippen LogP contribution is 2.35. The molecule has 2 amide bonds. The highest BCUT2D eigenvalue weighted by atomic mass is 35.5. The van der Waals surface area contributed by atoms with E-state index in [1.54, 1.807) is 24.3 Å². The number of amides is 2. The van der Waals surface area contributed by atoms with E-state index in [-0.39, 0.29) is 23.1 Å². The molecule has 37 heavy (non-hydrogen) atoms. The lowest BCUT2D eigenvalue weighted by molar-refractivity contribution is 0.0912. The molecule has 1 aliphatic heterocycles. The van der Waals surface area contributed by atoms with Gasteiger partial charge in [-0.25, -0.2) is 0 Å². The summed E-state index contributed by atoms with van der Waals surface area (Å²) in [4.78, 5) is 28.4. The quantitative estimate of drug-likeness (QED) is 0.286. The van der Waals surface area contributed by atoms with Crippen LogP contribution in [0.1, 0.15) is 44.7 Å². The monoisotopic (exact) mass is 517 g/mol. The summed E-state index contributed by atoms with van der Waals surface area (Å²) in [5, 5.41) is 14.4. The molecule has 0 aliphatic carbocycles. The number of para-hydroxylation sites is 1. The summed E-state index contributed by atoms with van der Waals surface area (Å²) in [5.41, 5.74) is 10.5. The Morgan fingerprint density at radius 2 is 1.92 bits per heavy atom. The number of aromatic nitrogens is 1. The van der Waals surface area contributed by atoms with E-state index in [0.29, 0.717) is 24.3 Å². The first kappa shape index (κ1) is 24.9. The van der Waals surface area contributed by atoms with E-state index in [1.807, 2.05) is 36.5 Å². The molecule has 7 nitrogen and oxygen atoms in total. The molecule has 0 unspecified atom stereocenters. The standard InChI is InChI=1S/C29H28ClN3O4/c30-25-14-17(8-9-23(25)28(31)35)19-11-18-5-3-4-10-37-27(18)24(13-19)29(36)33-21(16-34)12-20-15-32-26-7-2-1-6-22(20)26/h1-2,6-9,11,13-15,21,32,34H,3-5,10,12,16H2,(H2,31,35)(H,33,36)/t21-/m1/s1. The largest absolute Gasteiger partial charge is 0.492 e. The number of carbonyl (C=O) groups excluding carboxylic acids is 2. The number of aromatic amines is 1. The van der Waals surface area contributed by atoms with Gasteiger partial charge in [-0.05, 0) is 78.3 Å². The van der Waals surface area contributed by atoms with E-state index in [1.165, 1.54) is 0 Å². The van der Waals surface area contributed by atoms with Crippen molar-refractivity contribution < 1.29 is 19.4 Å². The third-order valence-corrected chi connectivity index (χ3v) is 7.07. The molecular formula is C29H28ClN3O4. The average molecular weight is 518 g/mol. The summed E-state index contributed by atoms with van der Waals surface area (Å²) < 4.78 is 6.03. The molecule has 8 heteroatoms. The van der Waals surface area contributed by atoms with E-state index in [2.05, 4.69) is 10.3 Å². The van der Waals surface area contributed by atoms with Crippen LogP contribution in [0.3, 0.4) is 0 Å². The summed E-state index contributed by atoms with van der Waals surface area (Å²) in [5.74, 6) is -0.349. The Morgan fingerprint density at radius 3 is 2.70 bits per heavy atom. The van der Waals surface area contributed by atoms with E-state index in [4.69, 9.17) is 22.1 Å². The van der Waals surface area contributed by atoms with Crippen molar-refractivity contribution in [3.63, 3.8) is 0 Å². The summed E-state index contributed by atoms with van der Waals surface area (Å²) in [6, 6.07) is 16.3. The molecule has 0 bridgehead atoms. The number of nitrogens with one attached hydrogen (secondary N) is 2. The molecule has 5 rings (SSSR count). The van der Waals surface area contributed by atoms with E-state index >= 15 is 0 Å². The molecule has 0 saturated heterocycles. The van der Waals surface area contributed by atoms with Crippen molar-refractivity contribution in [3.8, 4) is 16.9 Å². The van der Waals surface area contributed by atoms with E-state index < -0.39 is 11.9 Å². The Balaban J connectivity index is 1.47. The van der Waals surface area contributed by atoms with Crippen molar-refractivity contribution in [3.05, 3.63) is 88.1 Å². The molecule has 1 atom stereocenters. The smallest absolute Gasteiger partial charge is 0.255 e. The summed E-state index contributed by atoms with van der Waals surface area (Å²) in [6.07, 6.45) is 4.99. The van der Waals surface area contributed by atoms with Crippen LogP contribution in [0.5, 0.6) is 5.75 Å². The first-order valence-corrected chi connectivity index (χ1v) is 12.7. The number of rotatable bonds is 7. The number of benzene rings is 3. The van der Waals surface area contributed by atoms with Crippen LogP contribution < -0.4 is 15.8 Å². The van der Waals surface area contributed by atoms with Gasteiger partial charge in [-0.1, -0.05) is 35.9 Å². The van der Waals surface area contributed by atoms with Gasteiger partial charge in [0.2, 0.25) is 5.91 Å². The van der Waals surface area contributed by atoms with E-state index in [0.717, 1.165) is 52.4 Å². The van der Waals surface area contributed by atoms with Crippen molar-refractivity contribution in [2.75, 3.05) is 13.2 Å². The summed E-state index contributed by atoms with van der Waals surface area (Å²) >= 11 is 6.31. The van der Waals surface area contributed by atoms with Gasteiger partial charge >= 0.3 is 0 Å². The molecule has 2 heterocycles. The van der Waals surface area contributed by atoms with E-state index in [9.17, 15) is 14.7 Å². The molecule has 1 aromatic heterocycles. The van der Waals surface area contributed by atoms with Gasteiger partial charge < -0.3 is 25.9 Å². The molecule has 4 aromatic rings. The molecule has 0 spiro atoms. The highest BCUT2D eigenvalue weighted by Gasteiger charge is 2.23. The topological polar surface area (TPSA) is 117 Å². The fourth-order valence-electron chi connectivity index (χ4n) is 4.86. The number of hydrogen-bond acceptors (Lipinski definition) is 4. The number of ether oxygens (including phenoxy) is 1. The molecule has 5 N–H and O–H groups in total. The fourth-order valence-corrected chi connectivity index (χ4v) is 5.13. The zero-order valence-corrected chi connectivity index (χ0v) is 21.0. The number of aliphatic hydroxyl groups excluding tert-OH is 1. The predicted octanol–water partition coefficient (Wildman–Crippen LogP) is 4.64. The number of fused-ring (bicyclic) bond motifs is 2. The number of aryl methyl sites for hydroxylation is 1. The highest BCUT2D eigenvalue weighted by molar-refractivity contribution is 6.34. The van der Waals surface area contributed by atoms with Gasteiger partial charge in [0, 0.05) is 17.1 Å². The lowest BCUT2D eigenvalue weighted by Gasteiger charge is -2.20. The number of nitrogens with two attached hydrogens (primary N) is 1. The molecule has 0 saturated carbocycles. The number of H-pyrrole nitrogens is 1. The number of halogens is 1. The van der Waals surface area contributed by atoms with Gasteiger partial charge in [0.25, 0.3) is 5.91 Å². The Morgan fingerprint density at radius 1 is 1.08 bits per heavy atom. The first-order chi connectivity index (χ1) is 17.9. The van der Waals surface area contributed by atoms with Crippen LogP contribution in [0.4, 0.5) is 0 Å². The van der Waals surface area contributed by atoms with Crippen molar-refractivity contribution in [1.29, 1.82) is 0 Å². The molecule has 3 aromatic carbocycles. The molecule has 1 aliphatic rings. The zero-order valence-electron chi connectivity index (χ0n) is 20.2. The number of carbonyl (C=O) groups is 2. The van der Waals surface area contributed by atoms with Gasteiger partial charge in [0.1, 0.15) is 5.75 Å². The molecule has 0 fully saturated rings. The van der Waals surface area contributed by atoms with Crippen LogP contribution in [0.15, 0.2) is 60.8 Å². The van der Waals surface area contributed by atoms with Crippen LogP contribution in [0, 0.1) is 0 Å². The molecule has 190 valence electrons. The maximum Gasteiger partial charge on any atom is 0.255 e. The van der Waals surface area contributed by atoms with Gasteiger partial charge in [0.05, 0.1) is 35.4 Å². The third-order valence-electron chi connectivity index (χ3n) is 6.76. The number of aliphatic hydroxyl groups is 1. The van der Waals surface area contributed by atoms with Crippen molar-refractivity contribution in [2.24, 2.45) is 5.73 Å². The van der Waals surface area contributed by atoms with Crippen LogP contribution in [0.2, 0.25) is 5.02 Å². The number of primary amides is 1. The maximum absolute atomic E-state index is 13.6. The Kier molecular flexibility index (Phi) is 7.17. The second-order valence-corrected chi connectivity index (χ2v) is 9.70. The zero-order chi connectivity index (χ0) is 25.9. The van der Waals surface area contributed by atoms with Crippen LogP contribution in [-0.2, 0) is 12.8 Å². The predicted molar refractivity (Wildman–Crippen MR) is 144 cm³/mol.